The fourth-order valence-electron chi connectivity index (χ4n) is 2.86. The van der Waals surface area contributed by atoms with Crippen LogP contribution < -0.4 is 4.90 Å². The first-order chi connectivity index (χ1) is 11.0. The summed E-state index contributed by atoms with van der Waals surface area (Å²) in [5.74, 6) is 0.753. The molecule has 0 spiro atoms. The van der Waals surface area contributed by atoms with Crippen molar-refractivity contribution in [2.45, 2.75) is 20.3 Å². The van der Waals surface area contributed by atoms with Crippen molar-refractivity contribution in [3.05, 3.63) is 35.4 Å². The van der Waals surface area contributed by atoms with E-state index in [0.717, 1.165) is 43.4 Å². The van der Waals surface area contributed by atoms with Crippen LogP contribution in [0.25, 0.3) is 0 Å². The van der Waals surface area contributed by atoms with Crippen LogP contribution in [-0.4, -0.2) is 56.7 Å². The molecule has 2 aromatic heterocycles. The van der Waals surface area contributed by atoms with Crippen molar-refractivity contribution in [2.75, 3.05) is 31.1 Å². The average Bonchev–Trinajstić information content (AvgIpc) is 2.79. The molecule has 0 aromatic carbocycles. The number of carbonyl (C=O) groups is 1. The lowest BCUT2D eigenvalue weighted by molar-refractivity contribution is 0.0760. The molecule has 0 bridgehead atoms. The summed E-state index contributed by atoms with van der Waals surface area (Å²) in [5.41, 5.74) is 2.44. The lowest BCUT2D eigenvalue weighted by Crippen LogP contribution is -2.36. The van der Waals surface area contributed by atoms with Crippen LogP contribution in [0.2, 0.25) is 0 Å². The summed E-state index contributed by atoms with van der Waals surface area (Å²) in [4.78, 5) is 25.6. The highest BCUT2D eigenvalue weighted by atomic mass is 16.2. The van der Waals surface area contributed by atoms with Gasteiger partial charge in [0.2, 0.25) is 5.95 Å². The van der Waals surface area contributed by atoms with E-state index >= 15 is 0 Å². The monoisotopic (exact) mass is 314 g/mol. The lowest BCUT2D eigenvalue weighted by Gasteiger charge is -2.22. The van der Waals surface area contributed by atoms with Gasteiger partial charge in [-0.1, -0.05) is 0 Å². The molecule has 0 unspecified atom stereocenters. The number of aryl methyl sites for hydroxylation is 3. The van der Waals surface area contributed by atoms with Gasteiger partial charge < -0.3 is 9.80 Å². The maximum Gasteiger partial charge on any atom is 0.274 e. The Kier molecular flexibility index (Phi) is 4.27. The van der Waals surface area contributed by atoms with Gasteiger partial charge in [-0.3, -0.25) is 9.48 Å². The zero-order valence-electron chi connectivity index (χ0n) is 13.9. The first-order valence-electron chi connectivity index (χ1n) is 7.89. The molecule has 1 saturated heterocycles. The van der Waals surface area contributed by atoms with E-state index in [1.165, 1.54) is 0 Å². The standard InChI is InChI=1S/C16H22N6O/c1-12-11-13(2)18-16(17-12)22-7-4-6-21(9-10-22)15(23)14-5-8-20(3)19-14/h5,8,11H,4,6-7,9-10H2,1-3H3. The normalized spacial score (nSPS) is 15.6. The second-order valence-electron chi connectivity index (χ2n) is 5.96. The van der Waals surface area contributed by atoms with E-state index in [4.69, 9.17) is 0 Å². The van der Waals surface area contributed by atoms with Crippen LogP contribution in [0, 0.1) is 13.8 Å². The van der Waals surface area contributed by atoms with Gasteiger partial charge in [-0.2, -0.15) is 5.10 Å². The molecular weight excluding hydrogens is 292 g/mol. The predicted molar refractivity (Wildman–Crippen MR) is 87.4 cm³/mol. The quantitative estimate of drug-likeness (QED) is 0.833. The molecule has 1 amide bonds. The summed E-state index contributed by atoms with van der Waals surface area (Å²) in [7, 11) is 1.82. The molecular formula is C16H22N6O. The summed E-state index contributed by atoms with van der Waals surface area (Å²) in [6.07, 6.45) is 2.69. The van der Waals surface area contributed by atoms with Gasteiger partial charge >= 0.3 is 0 Å². The molecule has 0 aliphatic carbocycles. The summed E-state index contributed by atoms with van der Waals surface area (Å²) in [5, 5.41) is 4.20. The largest absolute Gasteiger partial charge is 0.339 e. The fourth-order valence-corrected chi connectivity index (χ4v) is 2.86. The van der Waals surface area contributed by atoms with Crippen molar-refractivity contribution in [3.8, 4) is 0 Å². The van der Waals surface area contributed by atoms with Crippen LogP contribution in [0.1, 0.15) is 28.3 Å². The van der Waals surface area contributed by atoms with Gasteiger partial charge in [0.25, 0.3) is 5.91 Å². The van der Waals surface area contributed by atoms with Crippen molar-refractivity contribution in [1.82, 2.24) is 24.6 Å². The van der Waals surface area contributed by atoms with E-state index in [9.17, 15) is 4.79 Å². The fraction of sp³-hybridized carbons (Fsp3) is 0.500. The molecule has 0 N–H and O–H groups in total. The number of hydrogen-bond acceptors (Lipinski definition) is 5. The van der Waals surface area contributed by atoms with Crippen LogP contribution in [0.3, 0.4) is 0 Å². The molecule has 7 nitrogen and oxygen atoms in total. The van der Waals surface area contributed by atoms with Crippen molar-refractivity contribution in [3.63, 3.8) is 0 Å². The second kappa shape index (κ2) is 6.36. The smallest absolute Gasteiger partial charge is 0.274 e. The van der Waals surface area contributed by atoms with Crippen LogP contribution in [-0.2, 0) is 7.05 Å². The van der Waals surface area contributed by atoms with Crippen molar-refractivity contribution in [1.29, 1.82) is 0 Å². The summed E-state index contributed by atoms with van der Waals surface area (Å²) in [6, 6.07) is 3.73. The molecule has 1 aliphatic heterocycles. The number of carbonyl (C=O) groups excluding carboxylic acids is 1. The molecule has 23 heavy (non-hydrogen) atoms. The topological polar surface area (TPSA) is 67.2 Å². The highest BCUT2D eigenvalue weighted by molar-refractivity contribution is 5.92. The second-order valence-corrected chi connectivity index (χ2v) is 5.96. The number of aromatic nitrogens is 4. The summed E-state index contributed by atoms with van der Waals surface area (Å²) in [6.45, 7) is 6.94. The molecule has 1 aliphatic rings. The van der Waals surface area contributed by atoms with Crippen molar-refractivity contribution >= 4 is 11.9 Å². The van der Waals surface area contributed by atoms with Crippen LogP contribution in [0.5, 0.6) is 0 Å². The lowest BCUT2D eigenvalue weighted by atomic mass is 10.3. The predicted octanol–water partition coefficient (Wildman–Crippen LogP) is 1.18. The Morgan fingerprint density at radius 1 is 1.09 bits per heavy atom. The highest BCUT2D eigenvalue weighted by Gasteiger charge is 2.23. The van der Waals surface area contributed by atoms with E-state index in [-0.39, 0.29) is 5.91 Å². The molecule has 0 saturated carbocycles. The third-order valence-electron chi connectivity index (χ3n) is 3.97. The highest BCUT2D eigenvalue weighted by Crippen LogP contribution is 2.14. The Bertz CT molecular complexity index is 690. The first kappa shape index (κ1) is 15.5. The molecule has 0 radical (unpaired) electrons. The molecule has 2 aromatic rings. The van der Waals surface area contributed by atoms with Crippen molar-refractivity contribution in [2.24, 2.45) is 7.05 Å². The summed E-state index contributed by atoms with van der Waals surface area (Å²) >= 11 is 0. The van der Waals surface area contributed by atoms with E-state index in [1.54, 1.807) is 16.9 Å². The molecule has 122 valence electrons. The molecule has 3 rings (SSSR count). The van der Waals surface area contributed by atoms with Gasteiger partial charge in [-0.25, -0.2) is 9.97 Å². The summed E-state index contributed by atoms with van der Waals surface area (Å²) < 4.78 is 1.65. The van der Waals surface area contributed by atoms with E-state index in [2.05, 4.69) is 20.0 Å². The number of amides is 1. The minimum Gasteiger partial charge on any atom is -0.339 e. The van der Waals surface area contributed by atoms with Crippen molar-refractivity contribution < 1.29 is 4.79 Å². The van der Waals surface area contributed by atoms with E-state index in [1.807, 2.05) is 31.9 Å². The maximum absolute atomic E-state index is 12.5. The molecule has 3 heterocycles. The van der Waals surface area contributed by atoms with Gasteiger partial charge in [0, 0.05) is 50.8 Å². The Morgan fingerprint density at radius 3 is 2.48 bits per heavy atom. The third kappa shape index (κ3) is 3.49. The van der Waals surface area contributed by atoms with Crippen LogP contribution in [0.4, 0.5) is 5.95 Å². The molecule has 0 atom stereocenters. The van der Waals surface area contributed by atoms with Gasteiger partial charge in [-0.15, -0.1) is 0 Å². The first-order valence-corrected chi connectivity index (χ1v) is 7.89. The number of rotatable bonds is 2. The Labute approximate surface area is 135 Å². The minimum absolute atomic E-state index is 0.00575. The van der Waals surface area contributed by atoms with Gasteiger partial charge in [0.1, 0.15) is 5.69 Å². The SMILES string of the molecule is Cc1cc(C)nc(N2CCCN(C(=O)c3ccn(C)n3)CC2)n1. The minimum atomic E-state index is -0.00575. The van der Waals surface area contributed by atoms with Gasteiger partial charge in [0.15, 0.2) is 0 Å². The number of anilines is 1. The van der Waals surface area contributed by atoms with Gasteiger partial charge in [0.05, 0.1) is 0 Å². The molecule has 1 fully saturated rings. The van der Waals surface area contributed by atoms with Crippen LogP contribution >= 0.6 is 0 Å². The number of hydrogen-bond donors (Lipinski definition) is 0. The average molecular weight is 314 g/mol. The zero-order chi connectivity index (χ0) is 16.4. The Morgan fingerprint density at radius 2 is 1.83 bits per heavy atom. The van der Waals surface area contributed by atoms with E-state index < -0.39 is 0 Å². The zero-order valence-corrected chi connectivity index (χ0v) is 13.9. The molecule has 7 heteroatoms. The number of nitrogens with zero attached hydrogens (tertiary/aromatic N) is 6. The Hall–Kier alpha value is -2.44. The Balaban J connectivity index is 1.70. The van der Waals surface area contributed by atoms with Gasteiger partial charge in [-0.05, 0) is 32.4 Å². The van der Waals surface area contributed by atoms with Crippen LogP contribution in [0.15, 0.2) is 18.3 Å². The van der Waals surface area contributed by atoms with E-state index in [0.29, 0.717) is 12.2 Å². The maximum atomic E-state index is 12.5. The third-order valence-corrected chi connectivity index (χ3v) is 3.97.